The van der Waals surface area contributed by atoms with E-state index in [1.807, 2.05) is 68.4 Å². The quantitative estimate of drug-likeness (QED) is 0.567. The monoisotopic (exact) mass is 387 g/mol. The molecule has 3 N–H and O–H groups in total. The number of aryl methyl sites for hydroxylation is 2. The van der Waals surface area contributed by atoms with Gasteiger partial charge < -0.3 is 16.0 Å². The van der Waals surface area contributed by atoms with Crippen LogP contribution in [0.15, 0.2) is 72.8 Å². The summed E-state index contributed by atoms with van der Waals surface area (Å²) in [6, 6.07) is 22.8. The van der Waals surface area contributed by atoms with Gasteiger partial charge in [-0.15, -0.1) is 0 Å². The highest BCUT2D eigenvalue weighted by molar-refractivity contribution is 5.96. The summed E-state index contributed by atoms with van der Waals surface area (Å²) in [5.41, 5.74) is 5.19. The van der Waals surface area contributed by atoms with E-state index in [2.05, 4.69) is 16.0 Å². The number of para-hydroxylation sites is 1. The summed E-state index contributed by atoms with van der Waals surface area (Å²) in [5, 5.41) is 8.93. The number of amides is 2. The van der Waals surface area contributed by atoms with E-state index >= 15 is 0 Å². The van der Waals surface area contributed by atoms with Crippen molar-refractivity contribution in [2.75, 3.05) is 17.2 Å². The maximum Gasteiger partial charge on any atom is 0.251 e. The van der Waals surface area contributed by atoms with Crippen LogP contribution in [0.2, 0.25) is 0 Å². The van der Waals surface area contributed by atoms with Gasteiger partial charge in [0.05, 0.1) is 6.54 Å². The van der Waals surface area contributed by atoms with Crippen LogP contribution in [-0.4, -0.2) is 18.4 Å². The summed E-state index contributed by atoms with van der Waals surface area (Å²) in [4.78, 5) is 24.7. The molecule has 29 heavy (non-hydrogen) atoms. The van der Waals surface area contributed by atoms with E-state index in [4.69, 9.17) is 0 Å². The van der Waals surface area contributed by atoms with Crippen molar-refractivity contribution >= 4 is 23.2 Å². The molecule has 0 atom stereocenters. The van der Waals surface area contributed by atoms with Gasteiger partial charge in [0.1, 0.15) is 0 Å². The highest BCUT2D eigenvalue weighted by Gasteiger charge is 2.09. The first-order chi connectivity index (χ1) is 14.0. The van der Waals surface area contributed by atoms with Gasteiger partial charge in [0.25, 0.3) is 5.91 Å². The minimum absolute atomic E-state index is 0.114. The Balaban J connectivity index is 1.55. The Morgan fingerprint density at radius 1 is 0.828 bits per heavy atom. The van der Waals surface area contributed by atoms with Gasteiger partial charge >= 0.3 is 0 Å². The number of hydrogen-bond acceptors (Lipinski definition) is 3. The Labute approximate surface area is 171 Å². The highest BCUT2D eigenvalue weighted by Crippen LogP contribution is 2.19. The average molecular weight is 387 g/mol. The van der Waals surface area contributed by atoms with Crippen LogP contribution in [-0.2, 0) is 11.3 Å². The third-order valence-electron chi connectivity index (χ3n) is 4.62. The summed E-state index contributed by atoms with van der Waals surface area (Å²) in [6.07, 6.45) is 0. The Morgan fingerprint density at radius 3 is 2.24 bits per heavy atom. The third kappa shape index (κ3) is 5.69. The molecule has 0 fully saturated rings. The molecule has 0 unspecified atom stereocenters. The molecular formula is C24H25N3O2. The van der Waals surface area contributed by atoms with E-state index in [1.54, 1.807) is 18.2 Å². The van der Waals surface area contributed by atoms with Crippen LogP contribution >= 0.6 is 0 Å². The van der Waals surface area contributed by atoms with Crippen molar-refractivity contribution in [3.63, 3.8) is 0 Å². The van der Waals surface area contributed by atoms with Crippen molar-refractivity contribution in [3.05, 3.63) is 95.1 Å². The zero-order chi connectivity index (χ0) is 20.6. The Bertz CT molecular complexity index is 980. The van der Waals surface area contributed by atoms with Crippen LogP contribution in [0.25, 0.3) is 0 Å². The van der Waals surface area contributed by atoms with Crippen molar-refractivity contribution in [3.8, 4) is 0 Å². The van der Waals surface area contributed by atoms with Gasteiger partial charge in [0.15, 0.2) is 0 Å². The number of anilines is 2. The second-order valence-electron chi connectivity index (χ2n) is 6.92. The molecule has 0 aromatic heterocycles. The topological polar surface area (TPSA) is 70.2 Å². The molecular weight excluding hydrogens is 362 g/mol. The molecule has 0 radical (unpaired) electrons. The smallest absolute Gasteiger partial charge is 0.251 e. The maximum atomic E-state index is 12.4. The van der Waals surface area contributed by atoms with E-state index in [0.717, 1.165) is 22.4 Å². The predicted octanol–water partition coefficient (Wildman–Crippen LogP) is 4.28. The molecule has 0 spiro atoms. The molecule has 0 aliphatic heterocycles. The summed E-state index contributed by atoms with van der Waals surface area (Å²) < 4.78 is 0. The number of rotatable bonds is 7. The van der Waals surface area contributed by atoms with Crippen LogP contribution in [0, 0.1) is 13.8 Å². The molecule has 0 saturated heterocycles. The van der Waals surface area contributed by atoms with Gasteiger partial charge in [-0.05, 0) is 48.7 Å². The van der Waals surface area contributed by atoms with Gasteiger partial charge in [-0.3, -0.25) is 9.59 Å². The lowest BCUT2D eigenvalue weighted by molar-refractivity contribution is -0.114. The van der Waals surface area contributed by atoms with Crippen molar-refractivity contribution in [2.24, 2.45) is 0 Å². The molecule has 3 aromatic carbocycles. The lowest BCUT2D eigenvalue weighted by atomic mass is 10.1. The number of hydrogen-bond donors (Lipinski definition) is 3. The van der Waals surface area contributed by atoms with Gasteiger partial charge in [0.2, 0.25) is 5.91 Å². The van der Waals surface area contributed by atoms with Crippen LogP contribution in [0.5, 0.6) is 0 Å². The Kier molecular flexibility index (Phi) is 6.63. The lowest BCUT2D eigenvalue weighted by Gasteiger charge is -2.13. The summed E-state index contributed by atoms with van der Waals surface area (Å²) >= 11 is 0. The predicted molar refractivity (Wildman–Crippen MR) is 117 cm³/mol. The van der Waals surface area contributed by atoms with Crippen LogP contribution in [0.3, 0.4) is 0 Å². The average Bonchev–Trinajstić information content (AvgIpc) is 2.74. The van der Waals surface area contributed by atoms with E-state index in [0.29, 0.717) is 17.8 Å². The SMILES string of the molecule is Cc1cccc(C)c1NC(=O)CNc1cccc(C(=O)NCc2ccccc2)c1. The third-order valence-corrected chi connectivity index (χ3v) is 4.62. The minimum atomic E-state index is -0.155. The molecule has 0 bridgehead atoms. The molecule has 0 heterocycles. The van der Waals surface area contributed by atoms with E-state index in [9.17, 15) is 9.59 Å². The fourth-order valence-electron chi connectivity index (χ4n) is 3.03. The zero-order valence-electron chi connectivity index (χ0n) is 16.7. The van der Waals surface area contributed by atoms with Crippen molar-refractivity contribution in [2.45, 2.75) is 20.4 Å². The first kappa shape index (κ1) is 20.1. The normalized spacial score (nSPS) is 10.3. The fraction of sp³-hybridized carbons (Fsp3) is 0.167. The summed E-state index contributed by atoms with van der Waals surface area (Å²) in [7, 11) is 0. The van der Waals surface area contributed by atoms with Crippen LogP contribution < -0.4 is 16.0 Å². The molecule has 0 aliphatic rings. The molecule has 0 saturated carbocycles. The van der Waals surface area contributed by atoms with Crippen molar-refractivity contribution in [1.29, 1.82) is 0 Å². The van der Waals surface area contributed by atoms with E-state index in [-0.39, 0.29) is 18.4 Å². The molecule has 5 nitrogen and oxygen atoms in total. The second kappa shape index (κ2) is 9.55. The number of carbonyl (C=O) groups is 2. The number of benzene rings is 3. The van der Waals surface area contributed by atoms with Gasteiger partial charge in [-0.1, -0.05) is 54.6 Å². The van der Waals surface area contributed by atoms with E-state index < -0.39 is 0 Å². The van der Waals surface area contributed by atoms with Crippen LogP contribution in [0.4, 0.5) is 11.4 Å². The minimum Gasteiger partial charge on any atom is -0.376 e. The first-order valence-corrected chi connectivity index (χ1v) is 9.55. The summed E-state index contributed by atoms with van der Waals surface area (Å²) in [5.74, 6) is -0.293. The first-order valence-electron chi connectivity index (χ1n) is 9.55. The fourth-order valence-corrected chi connectivity index (χ4v) is 3.03. The standard InChI is InChI=1S/C24H25N3O2/c1-17-8-6-9-18(2)23(17)27-22(28)16-25-21-13-7-12-20(14-21)24(29)26-15-19-10-4-3-5-11-19/h3-14,25H,15-16H2,1-2H3,(H,26,29)(H,27,28). The molecule has 2 amide bonds. The molecule has 5 heteroatoms. The van der Waals surface area contributed by atoms with E-state index in [1.165, 1.54) is 0 Å². The molecule has 148 valence electrons. The molecule has 3 aromatic rings. The van der Waals surface area contributed by atoms with Crippen molar-refractivity contribution in [1.82, 2.24) is 5.32 Å². The largest absolute Gasteiger partial charge is 0.376 e. The number of nitrogens with one attached hydrogen (secondary N) is 3. The number of carbonyl (C=O) groups excluding carboxylic acids is 2. The molecule has 0 aliphatic carbocycles. The highest BCUT2D eigenvalue weighted by atomic mass is 16.2. The van der Waals surface area contributed by atoms with Gasteiger partial charge in [0, 0.05) is 23.5 Å². The van der Waals surface area contributed by atoms with Crippen molar-refractivity contribution < 1.29 is 9.59 Å². The summed E-state index contributed by atoms with van der Waals surface area (Å²) in [6.45, 7) is 4.51. The van der Waals surface area contributed by atoms with Gasteiger partial charge in [-0.25, -0.2) is 0 Å². The van der Waals surface area contributed by atoms with Gasteiger partial charge in [-0.2, -0.15) is 0 Å². The Hall–Kier alpha value is -3.60. The zero-order valence-corrected chi connectivity index (χ0v) is 16.7. The second-order valence-corrected chi connectivity index (χ2v) is 6.92. The van der Waals surface area contributed by atoms with Crippen LogP contribution in [0.1, 0.15) is 27.0 Å². The lowest BCUT2D eigenvalue weighted by Crippen LogP contribution is -2.24. The Morgan fingerprint density at radius 2 is 1.52 bits per heavy atom. The molecule has 3 rings (SSSR count). The maximum absolute atomic E-state index is 12.4.